The Bertz CT molecular complexity index is 868. The maximum Gasteiger partial charge on any atom is 0.248 e. The summed E-state index contributed by atoms with van der Waals surface area (Å²) in [6, 6.07) is 15.6. The molecule has 0 saturated heterocycles. The second-order valence-electron chi connectivity index (χ2n) is 5.29. The van der Waals surface area contributed by atoms with Crippen LogP contribution in [0.4, 0.5) is 17.2 Å². The number of benzene rings is 2. The summed E-state index contributed by atoms with van der Waals surface area (Å²) in [5.74, 6) is 2.65. The van der Waals surface area contributed by atoms with Crippen LogP contribution in [0.3, 0.4) is 0 Å². The number of rotatable bonds is 3. The first-order chi connectivity index (χ1) is 11.8. The largest absolute Gasteiger partial charge is 0.496 e. The predicted molar refractivity (Wildman–Crippen MR) is 92.2 cm³/mol. The first kappa shape index (κ1) is 14.3. The zero-order valence-electron chi connectivity index (χ0n) is 13.1. The number of fused-ring (bicyclic) bond motifs is 2. The summed E-state index contributed by atoms with van der Waals surface area (Å²) < 4.78 is 11.4. The summed E-state index contributed by atoms with van der Waals surface area (Å²) in [4.78, 5) is 8.60. The summed E-state index contributed by atoms with van der Waals surface area (Å²) in [5, 5.41) is 6.64. The van der Waals surface area contributed by atoms with Gasteiger partial charge in [0.2, 0.25) is 5.88 Å². The number of anilines is 3. The fourth-order valence-corrected chi connectivity index (χ4v) is 2.65. The Hall–Kier alpha value is -3.28. The summed E-state index contributed by atoms with van der Waals surface area (Å²) in [6.45, 7) is 0.559. The summed E-state index contributed by atoms with van der Waals surface area (Å²) in [6.07, 6.45) is 1.48. The Balaban J connectivity index is 1.71. The van der Waals surface area contributed by atoms with Crippen LogP contribution in [-0.4, -0.2) is 17.1 Å². The monoisotopic (exact) mass is 320 g/mol. The first-order valence-electron chi connectivity index (χ1n) is 7.60. The molecule has 0 radical (unpaired) electrons. The molecule has 0 aliphatic carbocycles. The van der Waals surface area contributed by atoms with E-state index in [0.717, 1.165) is 28.4 Å². The second-order valence-corrected chi connectivity index (χ2v) is 5.29. The van der Waals surface area contributed by atoms with Crippen molar-refractivity contribution in [3.8, 4) is 17.4 Å². The highest BCUT2D eigenvalue weighted by molar-refractivity contribution is 5.75. The molecule has 0 fully saturated rings. The van der Waals surface area contributed by atoms with Crippen LogP contribution in [0.1, 0.15) is 5.56 Å². The molecule has 4 rings (SSSR count). The smallest absolute Gasteiger partial charge is 0.248 e. The molecule has 0 atom stereocenters. The first-order valence-corrected chi connectivity index (χ1v) is 7.60. The summed E-state index contributed by atoms with van der Waals surface area (Å²) in [7, 11) is 1.65. The van der Waals surface area contributed by atoms with Gasteiger partial charge in [-0.15, -0.1) is 0 Å². The minimum absolute atomic E-state index is 0.482. The highest BCUT2D eigenvalue weighted by Crippen LogP contribution is 2.40. The van der Waals surface area contributed by atoms with Gasteiger partial charge in [0.25, 0.3) is 0 Å². The van der Waals surface area contributed by atoms with Crippen molar-refractivity contribution in [2.45, 2.75) is 6.54 Å². The van der Waals surface area contributed by atoms with Crippen LogP contribution in [-0.2, 0) is 6.54 Å². The fraction of sp³-hybridized carbons (Fsp3) is 0.111. The van der Waals surface area contributed by atoms with Gasteiger partial charge in [-0.2, -0.15) is 4.98 Å². The van der Waals surface area contributed by atoms with Crippen LogP contribution in [0, 0.1) is 0 Å². The van der Waals surface area contributed by atoms with E-state index in [4.69, 9.17) is 9.47 Å². The molecule has 2 heterocycles. The Labute approximate surface area is 139 Å². The maximum atomic E-state index is 5.99. The second kappa shape index (κ2) is 6.08. The van der Waals surface area contributed by atoms with Gasteiger partial charge >= 0.3 is 0 Å². The number of aromatic nitrogens is 2. The SMILES string of the molecule is COc1cccc2c1CNc1c(Nc3ccccc3)ncnc1O2. The van der Waals surface area contributed by atoms with Crippen LogP contribution in [0.25, 0.3) is 0 Å². The molecular formula is C18H16N4O2. The van der Waals surface area contributed by atoms with Crippen molar-refractivity contribution in [2.24, 2.45) is 0 Å². The molecule has 6 nitrogen and oxygen atoms in total. The normalized spacial score (nSPS) is 12.0. The van der Waals surface area contributed by atoms with Gasteiger partial charge in [-0.3, -0.25) is 0 Å². The predicted octanol–water partition coefficient (Wildman–Crippen LogP) is 3.95. The van der Waals surface area contributed by atoms with Gasteiger partial charge in [-0.05, 0) is 24.3 Å². The molecule has 1 aliphatic rings. The van der Waals surface area contributed by atoms with E-state index in [1.165, 1.54) is 6.33 Å². The molecule has 0 bridgehead atoms. The molecular weight excluding hydrogens is 304 g/mol. The lowest BCUT2D eigenvalue weighted by atomic mass is 10.2. The molecule has 2 N–H and O–H groups in total. The van der Waals surface area contributed by atoms with E-state index in [0.29, 0.717) is 18.2 Å². The number of methoxy groups -OCH3 is 1. The van der Waals surface area contributed by atoms with E-state index in [1.54, 1.807) is 7.11 Å². The third-order valence-corrected chi connectivity index (χ3v) is 3.81. The van der Waals surface area contributed by atoms with Gasteiger partial charge in [-0.1, -0.05) is 24.3 Å². The van der Waals surface area contributed by atoms with E-state index in [2.05, 4.69) is 20.6 Å². The van der Waals surface area contributed by atoms with Gasteiger partial charge in [0.1, 0.15) is 23.5 Å². The van der Waals surface area contributed by atoms with E-state index in [1.807, 2.05) is 48.5 Å². The van der Waals surface area contributed by atoms with Crippen molar-refractivity contribution in [1.82, 2.24) is 9.97 Å². The lowest BCUT2D eigenvalue weighted by Gasteiger charge is -2.12. The number of hydrogen-bond acceptors (Lipinski definition) is 6. The van der Waals surface area contributed by atoms with Crippen molar-refractivity contribution in [3.63, 3.8) is 0 Å². The van der Waals surface area contributed by atoms with Crippen LogP contribution >= 0.6 is 0 Å². The lowest BCUT2D eigenvalue weighted by Crippen LogP contribution is -2.04. The van der Waals surface area contributed by atoms with E-state index in [9.17, 15) is 0 Å². The molecule has 0 unspecified atom stereocenters. The van der Waals surface area contributed by atoms with Crippen molar-refractivity contribution in [3.05, 3.63) is 60.4 Å². The third kappa shape index (κ3) is 2.58. The average molecular weight is 320 g/mol. The zero-order valence-corrected chi connectivity index (χ0v) is 13.1. The van der Waals surface area contributed by atoms with E-state index in [-0.39, 0.29) is 0 Å². The Morgan fingerprint density at radius 2 is 1.96 bits per heavy atom. The molecule has 6 heteroatoms. The molecule has 0 spiro atoms. The maximum absolute atomic E-state index is 5.99. The summed E-state index contributed by atoms with van der Waals surface area (Å²) >= 11 is 0. The average Bonchev–Trinajstić information content (AvgIpc) is 2.82. The highest BCUT2D eigenvalue weighted by atomic mass is 16.5. The number of para-hydroxylation sites is 1. The fourth-order valence-electron chi connectivity index (χ4n) is 2.65. The van der Waals surface area contributed by atoms with Crippen molar-refractivity contribution < 1.29 is 9.47 Å². The standard InChI is InChI=1S/C18H16N4O2/c1-23-14-8-5-9-15-13(14)10-19-16-17(20-11-21-18(16)24-15)22-12-6-3-2-4-7-12/h2-9,11,19H,10H2,1H3,(H,20,21,22). The molecule has 0 saturated carbocycles. The van der Waals surface area contributed by atoms with Crippen LogP contribution in [0.5, 0.6) is 17.4 Å². The topological polar surface area (TPSA) is 68.3 Å². The Morgan fingerprint density at radius 3 is 2.79 bits per heavy atom. The van der Waals surface area contributed by atoms with Gasteiger partial charge in [0.05, 0.1) is 12.7 Å². The quantitative estimate of drug-likeness (QED) is 0.761. The summed E-state index contributed by atoms with van der Waals surface area (Å²) in [5.41, 5.74) is 2.61. The molecule has 0 amide bonds. The lowest BCUT2D eigenvalue weighted by molar-refractivity contribution is 0.402. The van der Waals surface area contributed by atoms with Gasteiger partial charge in [0.15, 0.2) is 5.82 Å². The van der Waals surface area contributed by atoms with Crippen molar-refractivity contribution in [1.29, 1.82) is 0 Å². The van der Waals surface area contributed by atoms with Gasteiger partial charge in [-0.25, -0.2) is 4.98 Å². The number of hydrogen-bond donors (Lipinski definition) is 2. The molecule has 2 aromatic carbocycles. The third-order valence-electron chi connectivity index (χ3n) is 3.81. The molecule has 1 aromatic heterocycles. The Kier molecular flexibility index (Phi) is 3.63. The Morgan fingerprint density at radius 1 is 1.08 bits per heavy atom. The minimum atomic E-state index is 0.482. The zero-order chi connectivity index (χ0) is 16.4. The number of nitrogens with zero attached hydrogens (tertiary/aromatic N) is 2. The molecule has 120 valence electrons. The van der Waals surface area contributed by atoms with E-state index >= 15 is 0 Å². The molecule has 3 aromatic rings. The van der Waals surface area contributed by atoms with Crippen LogP contribution in [0.2, 0.25) is 0 Å². The molecule has 24 heavy (non-hydrogen) atoms. The minimum Gasteiger partial charge on any atom is -0.496 e. The van der Waals surface area contributed by atoms with Crippen LogP contribution < -0.4 is 20.1 Å². The molecule has 1 aliphatic heterocycles. The van der Waals surface area contributed by atoms with E-state index < -0.39 is 0 Å². The van der Waals surface area contributed by atoms with Gasteiger partial charge in [0, 0.05) is 12.2 Å². The number of nitrogens with one attached hydrogen (secondary N) is 2. The van der Waals surface area contributed by atoms with Gasteiger partial charge < -0.3 is 20.1 Å². The number of ether oxygens (including phenoxy) is 2. The van der Waals surface area contributed by atoms with Crippen LogP contribution in [0.15, 0.2) is 54.9 Å². The highest BCUT2D eigenvalue weighted by Gasteiger charge is 2.21. The van der Waals surface area contributed by atoms with Crippen molar-refractivity contribution in [2.75, 3.05) is 17.7 Å². The van der Waals surface area contributed by atoms with Crippen molar-refractivity contribution >= 4 is 17.2 Å².